The molecule has 0 aliphatic heterocycles. The van der Waals surface area contributed by atoms with Gasteiger partial charge in [-0.05, 0) is 0 Å². The molecule has 8 heteroatoms. The van der Waals surface area contributed by atoms with E-state index in [4.69, 9.17) is 16.6 Å². The lowest BCUT2D eigenvalue weighted by Crippen LogP contribution is -2.23. The van der Waals surface area contributed by atoms with Gasteiger partial charge in [0, 0.05) is 24.2 Å². The molecule has 0 aromatic heterocycles. The van der Waals surface area contributed by atoms with Gasteiger partial charge in [0.1, 0.15) is 0 Å². The van der Waals surface area contributed by atoms with E-state index in [-0.39, 0.29) is 11.1 Å². The van der Waals surface area contributed by atoms with Crippen molar-refractivity contribution in [2.24, 2.45) is 22.4 Å². The first-order valence-corrected chi connectivity index (χ1v) is 7.06. The first kappa shape index (κ1) is 16.1. The number of carbonyl (C=O) groups excluding carboxylic acids is 1. The maximum absolute atomic E-state index is 10.9. The second-order valence-corrected chi connectivity index (χ2v) is 5.57. The number of guanidine groups is 1. The number of nitrogens with zero attached hydrogens (tertiary/aromatic N) is 1. The molecule has 98 valence electrons. The highest BCUT2D eigenvalue weighted by Gasteiger charge is 2.18. The molecule has 0 spiro atoms. The third kappa shape index (κ3) is 10.0. The standard InChI is InChI=1S/C9H17N3O3S2/c1-6(13)17-5-7(8(14)15)4-16-3-2-12-9(10)11/h7H,2-5H2,1H3,(H,14,15)(H4,10,11,12). The fraction of sp³-hybridized carbons (Fsp3) is 0.667. The molecule has 0 aromatic carbocycles. The second-order valence-electron chi connectivity index (χ2n) is 3.22. The number of hydrogen-bond donors (Lipinski definition) is 3. The quantitative estimate of drug-likeness (QED) is 0.324. The summed E-state index contributed by atoms with van der Waals surface area (Å²) in [4.78, 5) is 25.4. The Balaban J connectivity index is 3.82. The van der Waals surface area contributed by atoms with Crippen LogP contribution in [0.15, 0.2) is 4.99 Å². The van der Waals surface area contributed by atoms with Crippen molar-refractivity contribution >= 4 is 40.6 Å². The van der Waals surface area contributed by atoms with Crippen molar-refractivity contribution in [1.82, 2.24) is 0 Å². The molecule has 0 fully saturated rings. The fourth-order valence-electron chi connectivity index (χ4n) is 0.874. The van der Waals surface area contributed by atoms with E-state index >= 15 is 0 Å². The van der Waals surface area contributed by atoms with Crippen molar-refractivity contribution in [3.05, 3.63) is 0 Å². The molecule has 1 unspecified atom stereocenters. The smallest absolute Gasteiger partial charge is 0.308 e. The van der Waals surface area contributed by atoms with Crippen LogP contribution in [0.5, 0.6) is 0 Å². The van der Waals surface area contributed by atoms with Crippen molar-refractivity contribution < 1.29 is 14.7 Å². The number of carboxylic acid groups (broad SMARTS) is 1. The molecule has 1 atom stereocenters. The lowest BCUT2D eigenvalue weighted by Gasteiger charge is -2.09. The summed E-state index contributed by atoms with van der Waals surface area (Å²) in [6, 6.07) is 0. The zero-order valence-electron chi connectivity index (χ0n) is 9.59. The number of thioether (sulfide) groups is 2. The van der Waals surface area contributed by atoms with Crippen LogP contribution in [0.4, 0.5) is 0 Å². The molecule has 17 heavy (non-hydrogen) atoms. The van der Waals surface area contributed by atoms with Gasteiger partial charge in [-0.1, -0.05) is 11.8 Å². The Bertz CT molecular complexity index is 293. The van der Waals surface area contributed by atoms with Gasteiger partial charge in [0.25, 0.3) is 0 Å². The van der Waals surface area contributed by atoms with Gasteiger partial charge in [0.15, 0.2) is 11.1 Å². The number of nitrogens with two attached hydrogens (primary N) is 2. The van der Waals surface area contributed by atoms with Crippen LogP contribution in [-0.4, -0.2) is 46.0 Å². The summed E-state index contributed by atoms with van der Waals surface area (Å²) in [5.41, 5.74) is 10.3. The van der Waals surface area contributed by atoms with E-state index in [0.717, 1.165) is 11.8 Å². The number of hydrogen-bond acceptors (Lipinski definition) is 5. The highest BCUT2D eigenvalue weighted by molar-refractivity contribution is 8.13. The van der Waals surface area contributed by atoms with Crippen LogP contribution in [0.2, 0.25) is 0 Å². The molecule has 0 saturated heterocycles. The van der Waals surface area contributed by atoms with Crippen LogP contribution in [0.25, 0.3) is 0 Å². The summed E-state index contributed by atoms with van der Waals surface area (Å²) in [6.07, 6.45) is 0. The van der Waals surface area contributed by atoms with E-state index < -0.39 is 11.9 Å². The third-order valence-electron chi connectivity index (χ3n) is 1.69. The number of carboxylic acids is 1. The maximum Gasteiger partial charge on any atom is 0.308 e. The molecule has 0 aromatic rings. The lowest BCUT2D eigenvalue weighted by atomic mass is 10.2. The number of rotatable bonds is 8. The van der Waals surface area contributed by atoms with E-state index in [1.54, 1.807) is 0 Å². The van der Waals surface area contributed by atoms with Gasteiger partial charge in [-0.2, -0.15) is 11.8 Å². The molecular formula is C9H17N3O3S2. The van der Waals surface area contributed by atoms with Gasteiger partial charge in [-0.15, -0.1) is 0 Å². The summed E-state index contributed by atoms with van der Waals surface area (Å²) in [6.45, 7) is 1.90. The van der Waals surface area contributed by atoms with Crippen LogP contribution in [0, 0.1) is 5.92 Å². The first-order valence-electron chi connectivity index (χ1n) is 4.92. The normalized spacial score (nSPS) is 11.8. The largest absolute Gasteiger partial charge is 0.481 e. The minimum Gasteiger partial charge on any atom is -0.481 e. The average Bonchev–Trinajstić information content (AvgIpc) is 2.20. The van der Waals surface area contributed by atoms with E-state index in [0.29, 0.717) is 23.8 Å². The Morgan fingerprint density at radius 1 is 1.35 bits per heavy atom. The zero-order chi connectivity index (χ0) is 13.3. The van der Waals surface area contributed by atoms with Gasteiger partial charge >= 0.3 is 5.97 Å². The van der Waals surface area contributed by atoms with Crippen LogP contribution in [-0.2, 0) is 9.59 Å². The Morgan fingerprint density at radius 3 is 2.47 bits per heavy atom. The van der Waals surface area contributed by atoms with Gasteiger partial charge in [0.05, 0.1) is 12.5 Å². The molecular weight excluding hydrogens is 262 g/mol. The lowest BCUT2D eigenvalue weighted by molar-refractivity contribution is -0.140. The number of carbonyl (C=O) groups is 2. The van der Waals surface area contributed by atoms with Crippen LogP contribution >= 0.6 is 23.5 Å². The predicted octanol–water partition coefficient (Wildman–Crippen LogP) is -0.0265. The third-order valence-corrected chi connectivity index (χ3v) is 3.77. The van der Waals surface area contributed by atoms with Crippen LogP contribution < -0.4 is 11.5 Å². The molecule has 0 radical (unpaired) electrons. The molecule has 5 N–H and O–H groups in total. The van der Waals surface area contributed by atoms with Crippen molar-refractivity contribution in [3.8, 4) is 0 Å². The molecule has 0 aliphatic rings. The summed E-state index contributed by atoms with van der Waals surface area (Å²) < 4.78 is 0. The molecule has 0 bridgehead atoms. The van der Waals surface area contributed by atoms with E-state index in [9.17, 15) is 9.59 Å². The van der Waals surface area contributed by atoms with Crippen LogP contribution in [0.3, 0.4) is 0 Å². The Hall–Kier alpha value is -0.890. The maximum atomic E-state index is 10.9. The van der Waals surface area contributed by atoms with E-state index in [2.05, 4.69) is 4.99 Å². The summed E-state index contributed by atoms with van der Waals surface area (Å²) in [5.74, 6) is 0.0517. The highest BCUT2D eigenvalue weighted by Crippen LogP contribution is 2.15. The SMILES string of the molecule is CC(=O)SCC(CSCCN=C(N)N)C(=O)O. The molecule has 0 aliphatic carbocycles. The van der Waals surface area contributed by atoms with Gasteiger partial charge in [0.2, 0.25) is 0 Å². The van der Waals surface area contributed by atoms with E-state index in [1.807, 2.05) is 0 Å². The van der Waals surface area contributed by atoms with E-state index in [1.165, 1.54) is 18.7 Å². The molecule has 0 saturated carbocycles. The average molecular weight is 279 g/mol. The Morgan fingerprint density at radius 2 is 2.00 bits per heavy atom. The highest BCUT2D eigenvalue weighted by atomic mass is 32.2. The van der Waals surface area contributed by atoms with Crippen molar-refractivity contribution in [3.63, 3.8) is 0 Å². The van der Waals surface area contributed by atoms with Crippen molar-refractivity contribution in [2.45, 2.75) is 6.92 Å². The van der Waals surface area contributed by atoms with Crippen molar-refractivity contribution in [2.75, 3.05) is 23.8 Å². The van der Waals surface area contributed by atoms with Crippen molar-refractivity contribution in [1.29, 1.82) is 0 Å². The van der Waals surface area contributed by atoms with Crippen LogP contribution in [0.1, 0.15) is 6.92 Å². The number of aliphatic imine (C=N–C) groups is 1. The number of aliphatic carboxylic acids is 1. The topological polar surface area (TPSA) is 119 Å². The Labute approximate surface area is 109 Å². The molecule has 6 nitrogen and oxygen atoms in total. The minimum absolute atomic E-state index is 0.0347. The summed E-state index contributed by atoms with van der Waals surface area (Å²) in [5, 5.41) is 8.86. The molecule has 0 rings (SSSR count). The monoisotopic (exact) mass is 279 g/mol. The molecule has 0 amide bonds. The van der Waals surface area contributed by atoms with Gasteiger partial charge < -0.3 is 16.6 Å². The van der Waals surface area contributed by atoms with Gasteiger partial charge in [-0.25, -0.2) is 0 Å². The summed E-state index contributed by atoms with van der Waals surface area (Å²) in [7, 11) is 0. The summed E-state index contributed by atoms with van der Waals surface area (Å²) >= 11 is 2.50. The first-order chi connectivity index (χ1) is 7.93. The second kappa shape index (κ2) is 9.17. The molecule has 0 heterocycles. The van der Waals surface area contributed by atoms with Gasteiger partial charge in [-0.3, -0.25) is 14.6 Å². The predicted molar refractivity (Wildman–Crippen MR) is 72.3 cm³/mol. The Kier molecular flexibility index (Phi) is 8.69. The zero-order valence-corrected chi connectivity index (χ0v) is 11.2. The minimum atomic E-state index is -0.881. The fourth-order valence-corrected chi connectivity index (χ4v) is 2.65.